The standard InChI is InChI=1S/C37H35B/c1-25-20-27(3)35-29(22-25)24-30-23-26(2)21-28(4)36(30)38(35)34-18-16-33(17-19-34)37(5,31-12-8-6-9-13-31)32-14-10-7-11-15-32/h6-23H,24H2,1-5H3. The number of rotatable bonds is 4. The van der Waals surface area contributed by atoms with E-state index in [4.69, 9.17) is 0 Å². The predicted octanol–water partition coefficient (Wildman–Crippen LogP) is 6.69. The Balaban J connectivity index is 1.53. The zero-order valence-corrected chi connectivity index (χ0v) is 23.2. The van der Waals surface area contributed by atoms with E-state index in [1.54, 1.807) is 0 Å². The molecule has 0 radical (unpaired) electrons. The van der Waals surface area contributed by atoms with Gasteiger partial charge in [0.25, 0.3) is 0 Å². The third-order valence-electron chi connectivity index (χ3n) is 8.72. The van der Waals surface area contributed by atoms with Gasteiger partial charge in [-0.2, -0.15) is 0 Å². The summed E-state index contributed by atoms with van der Waals surface area (Å²) in [5.41, 5.74) is 16.5. The van der Waals surface area contributed by atoms with Gasteiger partial charge in [0.15, 0.2) is 0 Å². The normalized spacial score (nSPS) is 12.7. The van der Waals surface area contributed by atoms with E-state index in [2.05, 4.69) is 144 Å². The lowest BCUT2D eigenvalue weighted by atomic mass is 9.32. The van der Waals surface area contributed by atoms with E-state index in [0.29, 0.717) is 0 Å². The maximum absolute atomic E-state index is 2.41. The van der Waals surface area contributed by atoms with Gasteiger partial charge in [0, 0.05) is 5.41 Å². The number of hydrogen-bond donors (Lipinski definition) is 0. The van der Waals surface area contributed by atoms with E-state index in [0.717, 1.165) is 6.42 Å². The van der Waals surface area contributed by atoms with Gasteiger partial charge in [0.2, 0.25) is 6.71 Å². The van der Waals surface area contributed by atoms with Gasteiger partial charge in [-0.05, 0) is 68.9 Å². The predicted molar refractivity (Wildman–Crippen MR) is 164 cm³/mol. The molecule has 0 spiro atoms. The van der Waals surface area contributed by atoms with Gasteiger partial charge < -0.3 is 0 Å². The van der Waals surface area contributed by atoms with Crippen LogP contribution in [0.5, 0.6) is 0 Å². The lowest BCUT2D eigenvalue weighted by Gasteiger charge is -2.33. The van der Waals surface area contributed by atoms with Crippen LogP contribution >= 0.6 is 0 Å². The van der Waals surface area contributed by atoms with E-state index in [1.807, 2.05) is 0 Å². The Morgan fingerprint density at radius 3 is 1.39 bits per heavy atom. The van der Waals surface area contributed by atoms with Crippen molar-refractivity contribution in [3.63, 3.8) is 0 Å². The van der Waals surface area contributed by atoms with Gasteiger partial charge in [-0.15, -0.1) is 0 Å². The molecule has 0 amide bonds. The summed E-state index contributed by atoms with van der Waals surface area (Å²) < 4.78 is 0. The maximum atomic E-state index is 2.41. The molecule has 0 unspecified atom stereocenters. The Bertz CT molecular complexity index is 1520. The summed E-state index contributed by atoms with van der Waals surface area (Å²) >= 11 is 0. The minimum atomic E-state index is -0.233. The molecule has 0 aromatic heterocycles. The average Bonchev–Trinajstić information content (AvgIpc) is 2.92. The summed E-state index contributed by atoms with van der Waals surface area (Å²) in [6.45, 7) is 11.7. The van der Waals surface area contributed by atoms with Gasteiger partial charge in [-0.1, -0.05) is 148 Å². The molecule has 1 heteroatoms. The zero-order valence-electron chi connectivity index (χ0n) is 23.2. The third-order valence-corrected chi connectivity index (χ3v) is 8.72. The fourth-order valence-electron chi connectivity index (χ4n) is 6.99. The molecule has 0 bridgehead atoms. The number of hydrogen-bond acceptors (Lipinski definition) is 0. The summed E-state index contributed by atoms with van der Waals surface area (Å²) in [7, 11) is 0. The molecule has 5 aromatic rings. The van der Waals surface area contributed by atoms with Crippen molar-refractivity contribution in [1.82, 2.24) is 0 Å². The molecule has 1 aliphatic heterocycles. The molecule has 0 fully saturated rings. The fourth-order valence-corrected chi connectivity index (χ4v) is 6.99. The van der Waals surface area contributed by atoms with Crippen LogP contribution in [0.15, 0.2) is 109 Å². The van der Waals surface area contributed by atoms with E-state index >= 15 is 0 Å². The summed E-state index contributed by atoms with van der Waals surface area (Å²) in [6.07, 6.45) is 1.02. The molecule has 0 nitrogen and oxygen atoms in total. The Kier molecular flexibility index (Phi) is 6.11. The van der Waals surface area contributed by atoms with Gasteiger partial charge >= 0.3 is 0 Å². The Hall–Kier alpha value is -3.84. The summed E-state index contributed by atoms with van der Waals surface area (Å²) in [5.74, 6) is 0. The van der Waals surface area contributed by atoms with Crippen LogP contribution < -0.4 is 16.4 Å². The van der Waals surface area contributed by atoms with Crippen molar-refractivity contribution in [2.24, 2.45) is 0 Å². The van der Waals surface area contributed by atoms with E-state index < -0.39 is 0 Å². The summed E-state index contributed by atoms with van der Waals surface area (Å²) in [4.78, 5) is 0. The lowest BCUT2D eigenvalue weighted by molar-refractivity contribution is 0.693. The highest BCUT2D eigenvalue weighted by Crippen LogP contribution is 2.38. The quantitative estimate of drug-likeness (QED) is 0.191. The van der Waals surface area contributed by atoms with Crippen molar-refractivity contribution in [3.05, 3.63) is 159 Å². The highest BCUT2D eigenvalue weighted by molar-refractivity contribution is 6.97. The Morgan fingerprint density at radius 2 is 0.947 bits per heavy atom. The maximum Gasteiger partial charge on any atom is 0.242 e. The largest absolute Gasteiger partial charge is 0.242 e. The molecule has 1 aliphatic rings. The average molecular weight is 490 g/mol. The fraction of sp³-hybridized carbons (Fsp3) is 0.189. The van der Waals surface area contributed by atoms with Crippen molar-refractivity contribution in [1.29, 1.82) is 0 Å². The SMILES string of the molecule is Cc1cc(C)c2c(c1)Cc1cc(C)cc(C)c1B2c1ccc(C(C)(c2ccccc2)c2ccccc2)cc1. The second-order valence-electron chi connectivity index (χ2n) is 11.4. The second-order valence-corrected chi connectivity index (χ2v) is 11.4. The molecule has 0 saturated heterocycles. The first-order valence-electron chi connectivity index (χ1n) is 13.8. The van der Waals surface area contributed by atoms with Gasteiger partial charge in [-0.3, -0.25) is 0 Å². The van der Waals surface area contributed by atoms with Crippen LogP contribution in [-0.4, -0.2) is 6.71 Å². The molecule has 5 aromatic carbocycles. The van der Waals surface area contributed by atoms with Gasteiger partial charge in [0.1, 0.15) is 0 Å². The minimum absolute atomic E-state index is 0.233. The molecule has 0 aliphatic carbocycles. The summed E-state index contributed by atoms with van der Waals surface area (Å²) in [6, 6.07) is 40.9. The van der Waals surface area contributed by atoms with Crippen molar-refractivity contribution in [3.8, 4) is 0 Å². The molecule has 186 valence electrons. The van der Waals surface area contributed by atoms with Crippen LogP contribution in [0.25, 0.3) is 0 Å². The smallest absolute Gasteiger partial charge is 0.0686 e. The van der Waals surface area contributed by atoms with Crippen LogP contribution in [-0.2, 0) is 11.8 Å². The molecule has 6 rings (SSSR count). The molecular formula is C37H35B. The molecule has 38 heavy (non-hydrogen) atoms. The topological polar surface area (TPSA) is 0 Å². The van der Waals surface area contributed by atoms with Gasteiger partial charge in [0.05, 0.1) is 0 Å². The first kappa shape index (κ1) is 24.5. The summed E-state index contributed by atoms with van der Waals surface area (Å²) in [5, 5.41) is 0. The van der Waals surface area contributed by atoms with Crippen molar-refractivity contribution >= 4 is 23.1 Å². The molecule has 0 atom stereocenters. The first-order valence-corrected chi connectivity index (χ1v) is 13.8. The van der Waals surface area contributed by atoms with Crippen LogP contribution in [0.1, 0.15) is 57.0 Å². The Morgan fingerprint density at radius 1 is 0.526 bits per heavy atom. The minimum Gasteiger partial charge on any atom is -0.0686 e. The van der Waals surface area contributed by atoms with Crippen molar-refractivity contribution in [2.75, 3.05) is 0 Å². The first-order chi connectivity index (χ1) is 18.4. The third kappa shape index (κ3) is 4.02. The molecule has 1 heterocycles. The number of fused-ring (bicyclic) bond motifs is 2. The second kappa shape index (κ2) is 9.48. The van der Waals surface area contributed by atoms with Crippen LogP contribution in [0.3, 0.4) is 0 Å². The number of aryl methyl sites for hydroxylation is 4. The highest BCUT2D eigenvalue weighted by atomic mass is 14.3. The van der Waals surface area contributed by atoms with E-state index in [9.17, 15) is 0 Å². The van der Waals surface area contributed by atoms with Crippen LogP contribution in [0, 0.1) is 27.7 Å². The monoisotopic (exact) mass is 490 g/mol. The highest BCUT2D eigenvalue weighted by Gasteiger charge is 2.35. The zero-order chi connectivity index (χ0) is 26.4. The van der Waals surface area contributed by atoms with E-state index in [1.165, 1.54) is 66.5 Å². The van der Waals surface area contributed by atoms with Gasteiger partial charge in [-0.25, -0.2) is 0 Å². The lowest BCUT2D eigenvalue weighted by Crippen LogP contribution is -2.58. The molecule has 0 N–H and O–H groups in total. The Labute approximate surface area is 228 Å². The van der Waals surface area contributed by atoms with Crippen LogP contribution in [0.4, 0.5) is 0 Å². The van der Waals surface area contributed by atoms with Crippen LogP contribution in [0.2, 0.25) is 0 Å². The van der Waals surface area contributed by atoms with Crippen molar-refractivity contribution in [2.45, 2.75) is 46.5 Å². The molecule has 0 saturated carbocycles. The van der Waals surface area contributed by atoms with E-state index in [-0.39, 0.29) is 12.1 Å². The molecular weight excluding hydrogens is 455 g/mol. The van der Waals surface area contributed by atoms with Crippen molar-refractivity contribution < 1.29 is 0 Å². The number of benzene rings is 5.